The van der Waals surface area contributed by atoms with Crippen LogP contribution in [0.5, 0.6) is 11.5 Å². The van der Waals surface area contributed by atoms with Gasteiger partial charge in [-0.2, -0.15) is 0 Å². The fourth-order valence-corrected chi connectivity index (χ4v) is 4.02. The van der Waals surface area contributed by atoms with Crippen molar-refractivity contribution in [1.82, 2.24) is 15.0 Å². The summed E-state index contributed by atoms with van der Waals surface area (Å²) in [6.07, 6.45) is 3.64. The third-order valence-electron chi connectivity index (χ3n) is 4.63. The predicted octanol–water partition coefficient (Wildman–Crippen LogP) is 3.91. The van der Waals surface area contributed by atoms with E-state index in [2.05, 4.69) is 27.9 Å². The van der Waals surface area contributed by atoms with Crippen molar-refractivity contribution >= 4 is 22.8 Å². The molecule has 3 aromatic rings. The number of pyridine rings is 1. The van der Waals surface area contributed by atoms with E-state index >= 15 is 0 Å². The van der Waals surface area contributed by atoms with Crippen LogP contribution in [0.15, 0.2) is 29.6 Å². The Morgan fingerprint density at radius 2 is 2.22 bits per heavy atom. The summed E-state index contributed by atoms with van der Waals surface area (Å²) in [5.74, 6) is 2.58. The molecule has 0 unspecified atom stereocenters. The Bertz CT molecular complexity index is 901. The summed E-state index contributed by atoms with van der Waals surface area (Å²) in [4.78, 5) is 12.6. The molecule has 1 aliphatic rings. The highest BCUT2D eigenvalue weighted by Crippen LogP contribution is 2.32. The number of H-pyrrole nitrogens is 1. The summed E-state index contributed by atoms with van der Waals surface area (Å²) in [6, 6.07) is 6.09. The van der Waals surface area contributed by atoms with Crippen LogP contribution in [0, 0.1) is 6.92 Å². The second kappa shape index (κ2) is 8.19. The first-order valence-electron chi connectivity index (χ1n) is 9.09. The Labute approximate surface area is 162 Å². The van der Waals surface area contributed by atoms with Gasteiger partial charge in [-0.1, -0.05) is 11.8 Å². The second-order valence-electron chi connectivity index (χ2n) is 6.48. The van der Waals surface area contributed by atoms with Gasteiger partial charge in [0.25, 0.3) is 0 Å². The molecule has 0 spiro atoms. The molecule has 27 heavy (non-hydrogen) atoms. The number of nitrogens with one attached hydrogen (secondary N) is 1. The van der Waals surface area contributed by atoms with E-state index in [1.165, 1.54) is 5.56 Å². The largest absolute Gasteiger partial charge is 0.493 e. The van der Waals surface area contributed by atoms with Gasteiger partial charge in [0.1, 0.15) is 11.5 Å². The fourth-order valence-electron chi connectivity index (χ4n) is 3.11. The van der Waals surface area contributed by atoms with Crippen LogP contribution in [0.3, 0.4) is 0 Å². The van der Waals surface area contributed by atoms with Crippen LogP contribution < -0.4 is 9.47 Å². The number of fused-ring (bicyclic) bond motifs is 2. The molecule has 0 aliphatic carbocycles. The van der Waals surface area contributed by atoms with Crippen LogP contribution in [-0.2, 0) is 16.9 Å². The molecular formula is C20H23N3O3S. The van der Waals surface area contributed by atoms with Crippen molar-refractivity contribution in [2.24, 2.45) is 0 Å². The topological polar surface area (TPSA) is 69.3 Å². The number of methoxy groups -OCH3 is 1. The van der Waals surface area contributed by atoms with Gasteiger partial charge in [0.2, 0.25) is 0 Å². The lowest BCUT2D eigenvalue weighted by molar-refractivity contribution is 0.172. The van der Waals surface area contributed by atoms with Crippen molar-refractivity contribution in [1.29, 1.82) is 0 Å². The highest BCUT2D eigenvalue weighted by molar-refractivity contribution is 7.98. The Hall–Kier alpha value is -2.25. The molecular weight excluding hydrogens is 362 g/mol. The van der Waals surface area contributed by atoms with Crippen LogP contribution in [0.1, 0.15) is 23.2 Å². The number of aromatic nitrogens is 3. The van der Waals surface area contributed by atoms with E-state index in [1.54, 1.807) is 25.1 Å². The number of ether oxygens (including phenoxy) is 3. The second-order valence-corrected chi connectivity index (χ2v) is 7.45. The third kappa shape index (κ3) is 4.04. The van der Waals surface area contributed by atoms with Gasteiger partial charge < -0.3 is 19.2 Å². The van der Waals surface area contributed by atoms with Gasteiger partial charge in [0.05, 0.1) is 29.9 Å². The van der Waals surface area contributed by atoms with E-state index in [4.69, 9.17) is 14.2 Å². The Morgan fingerprint density at radius 3 is 3.11 bits per heavy atom. The van der Waals surface area contributed by atoms with Crippen molar-refractivity contribution in [3.05, 3.63) is 41.2 Å². The van der Waals surface area contributed by atoms with Crippen LogP contribution in [0.25, 0.3) is 11.0 Å². The number of nitrogens with zero attached hydrogens (tertiary/aromatic N) is 2. The minimum absolute atomic E-state index is 0.640. The molecule has 2 aromatic heterocycles. The Kier molecular flexibility index (Phi) is 5.50. The number of thioether (sulfide) groups is 1. The number of benzene rings is 1. The van der Waals surface area contributed by atoms with E-state index in [9.17, 15) is 0 Å². The van der Waals surface area contributed by atoms with E-state index in [1.807, 2.05) is 12.1 Å². The summed E-state index contributed by atoms with van der Waals surface area (Å²) in [6.45, 7) is 4.16. The molecule has 7 heteroatoms. The first-order valence-corrected chi connectivity index (χ1v) is 10.1. The molecule has 3 heterocycles. The molecule has 1 aromatic carbocycles. The van der Waals surface area contributed by atoms with Gasteiger partial charge in [0.15, 0.2) is 5.16 Å². The normalized spacial score (nSPS) is 13.0. The number of hydrogen-bond acceptors (Lipinski definition) is 6. The fraction of sp³-hybridized carbons (Fsp3) is 0.400. The number of rotatable bonds is 8. The van der Waals surface area contributed by atoms with Gasteiger partial charge in [0, 0.05) is 50.1 Å². The van der Waals surface area contributed by atoms with Gasteiger partial charge in [-0.15, -0.1) is 0 Å². The third-order valence-corrected chi connectivity index (χ3v) is 5.51. The van der Waals surface area contributed by atoms with Crippen molar-refractivity contribution in [3.63, 3.8) is 0 Å². The molecule has 0 atom stereocenters. The molecule has 1 N–H and O–H groups in total. The minimum Gasteiger partial charge on any atom is -0.493 e. The highest BCUT2D eigenvalue weighted by Gasteiger charge is 2.15. The average Bonchev–Trinajstić information content (AvgIpc) is 3.28. The van der Waals surface area contributed by atoms with E-state index in [0.29, 0.717) is 13.2 Å². The van der Waals surface area contributed by atoms with Crippen molar-refractivity contribution in [3.8, 4) is 11.5 Å². The molecule has 0 amide bonds. The molecule has 0 saturated heterocycles. The molecule has 4 rings (SSSR count). The van der Waals surface area contributed by atoms with Gasteiger partial charge >= 0.3 is 0 Å². The van der Waals surface area contributed by atoms with Gasteiger partial charge in [-0.25, -0.2) is 4.98 Å². The lowest BCUT2D eigenvalue weighted by Crippen LogP contribution is -2.04. The summed E-state index contributed by atoms with van der Waals surface area (Å²) in [5.41, 5.74) is 5.33. The van der Waals surface area contributed by atoms with Crippen LogP contribution in [0.2, 0.25) is 0 Å². The zero-order valence-corrected chi connectivity index (χ0v) is 16.4. The summed E-state index contributed by atoms with van der Waals surface area (Å²) in [7, 11) is 1.70. The Morgan fingerprint density at radius 1 is 1.30 bits per heavy atom. The Balaban J connectivity index is 1.43. The smallest absolute Gasteiger partial charge is 0.166 e. The van der Waals surface area contributed by atoms with Crippen molar-refractivity contribution < 1.29 is 14.2 Å². The lowest BCUT2D eigenvalue weighted by Gasteiger charge is -2.11. The molecule has 0 bridgehead atoms. The van der Waals surface area contributed by atoms with E-state index < -0.39 is 0 Å². The molecule has 0 fully saturated rings. The van der Waals surface area contributed by atoms with Crippen LogP contribution in [0.4, 0.5) is 0 Å². The summed E-state index contributed by atoms with van der Waals surface area (Å²) in [5, 5.41) is 0.890. The number of aromatic amines is 1. The molecule has 0 radical (unpaired) electrons. The van der Waals surface area contributed by atoms with Gasteiger partial charge in [-0.05, 0) is 24.6 Å². The summed E-state index contributed by atoms with van der Waals surface area (Å²) >= 11 is 1.65. The maximum atomic E-state index is 5.86. The summed E-state index contributed by atoms with van der Waals surface area (Å²) < 4.78 is 16.5. The first kappa shape index (κ1) is 18.1. The molecule has 0 saturated carbocycles. The molecule has 142 valence electrons. The zero-order valence-electron chi connectivity index (χ0n) is 15.6. The van der Waals surface area contributed by atoms with E-state index in [0.717, 1.165) is 64.1 Å². The van der Waals surface area contributed by atoms with Crippen molar-refractivity contribution in [2.45, 2.75) is 30.7 Å². The minimum atomic E-state index is 0.640. The van der Waals surface area contributed by atoms with Crippen molar-refractivity contribution in [2.75, 3.05) is 26.9 Å². The monoisotopic (exact) mass is 385 g/mol. The predicted molar refractivity (Wildman–Crippen MR) is 106 cm³/mol. The van der Waals surface area contributed by atoms with Crippen LogP contribution in [-0.4, -0.2) is 41.9 Å². The zero-order chi connectivity index (χ0) is 18.6. The highest BCUT2D eigenvalue weighted by atomic mass is 32.2. The number of imidazole rings is 1. The molecule has 6 nitrogen and oxygen atoms in total. The number of hydrogen-bond donors (Lipinski definition) is 1. The molecule has 1 aliphatic heterocycles. The maximum Gasteiger partial charge on any atom is 0.166 e. The first-order chi connectivity index (χ1) is 13.2. The van der Waals surface area contributed by atoms with Gasteiger partial charge in [-0.3, -0.25) is 4.98 Å². The maximum absolute atomic E-state index is 5.86. The average molecular weight is 385 g/mol. The lowest BCUT2D eigenvalue weighted by atomic mass is 10.1. The SMILES string of the molecule is COCCCOc1ccnc(CSc2nc3cc4c(cc3[nH]2)CCO4)c1C. The quantitative estimate of drug-likeness (QED) is 0.468. The van der Waals surface area contributed by atoms with E-state index in [-0.39, 0.29) is 0 Å². The van der Waals surface area contributed by atoms with Crippen LogP contribution >= 0.6 is 11.8 Å². The standard InChI is InChI=1S/C20H23N3O3S/c1-13-17(21-6-4-18(13)25-8-3-7-24-2)12-27-20-22-15-10-14-5-9-26-19(14)11-16(15)23-20/h4,6,10-11H,3,5,7-9,12H2,1-2H3,(H,22,23).